The molecule has 7 heteroatoms. The SMILES string of the molecule is CCOC(=O)Cc1c(C(F)F)cc(CBr)nc1F. The Kier molecular flexibility index (Phi) is 5.58. The molecule has 1 rings (SSSR count). The summed E-state index contributed by atoms with van der Waals surface area (Å²) in [5.74, 6) is -1.82. The minimum atomic E-state index is -2.87. The molecule has 0 amide bonds. The number of nitrogens with zero attached hydrogens (tertiary/aromatic N) is 1. The Bertz CT molecular complexity index is 441. The molecule has 0 radical (unpaired) electrons. The quantitative estimate of drug-likeness (QED) is 0.474. The average Bonchev–Trinajstić information content (AvgIpc) is 2.31. The Morgan fingerprint density at radius 3 is 2.72 bits per heavy atom. The maximum Gasteiger partial charge on any atom is 0.310 e. The number of hydrogen-bond acceptors (Lipinski definition) is 3. The van der Waals surface area contributed by atoms with Gasteiger partial charge in [0.05, 0.1) is 18.7 Å². The molecule has 0 N–H and O–H groups in total. The predicted octanol–water partition coefficient (Wildman–Crippen LogP) is 3.16. The number of carbonyl (C=O) groups excluding carboxylic acids is 1. The molecule has 0 spiro atoms. The van der Waals surface area contributed by atoms with Crippen molar-refractivity contribution in [2.75, 3.05) is 6.61 Å². The Morgan fingerprint density at radius 2 is 2.22 bits per heavy atom. The lowest BCUT2D eigenvalue weighted by molar-refractivity contribution is -0.142. The number of esters is 1. The normalized spacial score (nSPS) is 10.8. The molecular weight excluding hydrogens is 315 g/mol. The first kappa shape index (κ1) is 14.9. The third-order valence-corrected chi connectivity index (χ3v) is 2.73. The van der Waals surface area contributed by atoms with Crippen LogP contribution in [0.4, 0.5) is 13.2 Å². The molecule has 100 valence electrons. The molecule has 0 bridgehead atoms. The summed E-state index contributed by atoms with van der Waals surface area (Å²) in [6.07, 6.45) is -3.42. The van der Waals surface area contributed by atoms with Crippen molar-refractivity contribution in [1.29, 1.82) is 0 Å². The molecule has 0 atom stereocenters. The van der Waals surface area contributed by atoms with Gasteiger partial charge in [0.25, 0.3) is 6.43 Å². The number of carbonyl (C=O) groups is 1. The molecule has 0 saturated carbocycles. The summed E-state index contributed by atoms with van der Waals surface area (Å²) in [5.41, 5.74) is -0.784. The van der Waals surface area contributed by atoms with E-state index in [1.54, 1.807) is 6.92 Å². The molecular formula is C11H11BrF3NO2. The largest absolute Gasteiger partial charge is 0.466 e. The molecule has 0 aliphatic heterocycles. The maximum atomic E-state index is 13.6. The fourth-order valence-electron chi connectivity index (χ4n) is 1.41. The van der Waals surface area contributed by atoms with E-state index < -0.39 is 35.9 Å². The highest BCUT2D eigenvalue weighted by atomic mass is 79.9. The second-order valence-electron chi connectivity index (χ2n) is 3.39. The van der Waals surface area contributed by atoms with Crippen molar-refractivity contribution in [3.63, 3.8) is 0 Å². The standard InChI is InChI=1S/C11H11BrF3NO2/c1-2-18-9(17)4-8-7(10(13)14)3-6(5-12)16-11(8)15/h3,10H,2,4-5H2,1H3. The van der Waals surface area contributed by atoms with E-state index in [1.165, 1.54) is 0 Å². The van der Waals surface area contributed by atoms with Gasteiger partial charge in [0, 0.05) is 16.5 Å². The topological polar surface area (TPSA) is 39.2 Å². The number of rotatable bonds is 5. The summed E-state index contributed by atoms with van der Waals surface area (Å²) >= 11 is 3.01. The summed E-state index contributed by atoms with van der Waals surface area (Å²) in [4.78, 5) is 14.7. The second kappa shape index (κ2) is 6.72. The first-order valence-corrected chi connectivity index (χ1v) is 6.29. The number of ether oxygens (including phenoxy) is 1. The van der Waals surface area contributed by atoms with Gasteiger partial charge in [0.1, 0.15) is 0 Å². The van der Waals surface area contributed by atoms with E-state index in [-0.39, 0.29) is 17.6 Å². The molecule has 0 aliphatic rings. The highest BCUT2D eigenvalue weighted by molar-refractivity contribution is 9.08. The fourth-order valence-corrected chi connectivity index (χ4v) is 1.69. The van der Waals surface area contributed by atoms with Crippen LogP contribution in [0.2, 0.25) is 0 Å². The van der Waals surface area contributed by atoms with Crippen molar-refractivity contribution in [1.82, 2.24) is 4.98 Å². The van der Waals surface area contributed by atoms with Gasteiger partial charge in [-0.3, -0.25) is 4.79 Å². The van der Waals surface area contributed by atoms with E-state index >= 15 is 0 Å². The Balaban J connectivity index is 3.12. The Morgan fingerprint density at radius 1 is 1.56 bits per heavy atom. The van der Waals surface area contributed by atoms with E-state index in [4.69, 9.17) is 0 Å². The number of alkyl halides is 3. The van der Waals surface area contributed by atoms with Crippen LogP contribution in [0, 0.1) is 5.95 Å². The van der Waals surface area contributed by atoms with Gasteiger partial charge < -0.3 is 4.74 Å². The van der Waals surface area contributed by atoms with Gasteiger partial charge in [0.15, 0.2) is 0 Å². The van der Waals surface area contributed by atoms with Gasteiger partial charge in [-0.1, -0.05) is 15.9 Å². The molecule has 0 unspecified atom stereocenters. The van der Waals surface area contributed by atoms with Crippen LogP contribution in [0.25, 0.3) is 0 Å². The summed E-state index contributed by atoms with van der Waals surface area (Å²) in [6, 6.07) is 1.08. The number of hydrogen-bond donors (Lipinski definition) is 0. The lowest BCUT2D eigenvalue weighted by Crippen LogP contribution is -2.13. The lowest BCUT2D eigenvalue weighted by atomic mass is 10.1. The molecule has 18 heavy (non-hydrogen) atoms. The molecule has 1 aromatic rings. The van der Waals surface area contributed by atoms with Crippen LogP contribution in [-0.2, 0) is 21.3 Å². The van der Waals surface area contributed by atoms with Crippen LogP contribution in [-0.4, -0.2) is 17.6 Å². The van der Waals surface area contributed by atoms with Crippen molar-refractivity contribution in [3.8, 4) is 0 Å². The molecule has 1 aromatic heterocycles. The number of aromatic nitrogens is 1. The minimum absolute atomic E-state index is 0.109. The molecule has 3 nitrogen and oxygen atoms in total. The minimum Gasteiger partial charge on any atom is -0.466 e. The van der Waals surface area contributed by atoms with Gasteiger partial charge in [-0.25, -0.2) is 13.8 Å². The van der Waals surface area contributed by atoms with Gasteiger partial charge in [-0.2, -0.15) is 4.39 Å². The van der Waals surface area contributed by atoms with E-state index in [2.05, 4.69) is 25.7 Å². The van der Waals surface area contributed by atoms with Gasteiger partial charge in [-0.05, 0) is 13.0 Å². The zero-order valence-electron chi connectivity index (χ0n) is 9.55. The molecule has 0 aliphatic carbocycles. The number of halogens is 4. The summed E-state index contributed by atoms with van der Waals surface area (Å²) in [6.45, 7) is 1.69. The summed E-state index contributed by atoms with van der Waals surface area (Å²) < 4.78 is 43.8. The Labute approximate surface area is 110 Å². The van der Waals surface area contributed by atoms with E-state index in [9.17, 15) is 18.0 Å². The molecule has 0 fully saturated rings. The van der Waals surface area contributed by atoms with E-state index in [1.807, 2.05) is 0 Å². The Hall–Kier alpha value is -1.11. The average molecular weight is 326 g/mol. The summed E-state index contributed by atoms with van der Waals surface area (Å²) in [7, 11) is 0. The zero-order valence-corrected chi connectivity index (χ0v) is 11.1. The lowest BCUT2D eigenvalue weighted by Gasteiger charge is -2.10. The highest BCUT2D eigenvalue weighted by Crippen LogP contribution is 2.26. The van der Waals surface area contributed by atoms with Crippen molar-refractivity contribution in [2.24, 2.45) is 0 Å². The van der Waals surface area contributed by atoms with Crippen LogP contribution >= 0.6 is 15.9 Å². The van der Waals surface area contributed by atoms with Gasteiger partial charge in [-0.15, -0.1) is 0 Å². The first-order chi connectivity index (χ1) is 8.49. The monoisotopic (exact) mass is 325 g/mol. The van der Waals surface area contributed by atoms with Gasteiger partial charge in [0.2, 0.25) is 5.95 Å². The third-order valence-electron chi connectivity index (χ3n) is 2.16. The van der Waals surface area contributed by atoms with Crippen molar-refractivity contribution < 1.29 is 22.7 Å². The first-order valence-electron chi connectivity index (χ1n) is 5.17. The van der Waals surface area contributed by atoms with Crippen LogP contribution < -0.4 is 0 Å². The van der Waals surface area contributed by atoms with E-state index in [0.717, 1.165) is 6.07 Å². The molecule has 0 aromatic carbocycles. The van der Waals surface area contributed by atoms with Crippen LogP contribution in [0.1, 0.15) is 30.2 Å². The van der Waals surface area contributed by atoms with Crippen LogP contribution in [0.3, 0.4) is 0 Å². The third kappa shape index (κ3) is 3.69. The van der Waals surface area contributed by atoms with Crippen molar-refractivity contribution >= 4 is 21.9 Å². The smallest absolute Gasteiger partial charge is 0.310 e. The van der Waals surface area contributed by atoms with Crippen molar-refractivity contribution in [2.45, 2.75) is 25.1 Å². The predicted molar refractivity (Wildman–Crippen MR) is 62.1 cm³/mol. The van der Waals surface area contributed by atoms with Crippen LogP contribution in [0.15, 0.2) is 6.07 Å². The van der Waals surface area contributed by atoms with E-state index in [0.29, 0.717) is 0 Å². The number of pyridine rings is 1. The van der Waals surface area contributed by atoms with Crippen LogP contribution in [0.5, 0.6) is 0 Å². The molecule has 1 heterocycles. The van der Waals surface area contributed by atoms with Gasteiger partial charge >= 0.3 is 5.97 Å². The second-order valence-corrected chi connectivity index (χ2v) is 3.95. The molecule has 0 saturated heterocycles. The highest BCUT2D eigenvalue weighted by Gasteiger charge is 2.21. The van der Waals surface area contributed by atoms with Crippen molar-refractivity contribution in [3.05, 3.63) is 28.8 Å². The maximum absolute atomic E-state index is 13.6. The zero-order chi connectivity index (χ0) is 13.7. The fraction of sp³-hybridized carbons (Fsp3) is 0.455. The summed E-state index contributed by atoms with van der Waals surface area (Å²) in [5, 5.41) is 0.156.